The third kappa shape index (κ3) is 3.22. The average Bonchev–Trinajstić information content (AvgIpc) is 3.21. The van der Waals surface area contributed by atoms with Crippen LogP contribution in [-0.2, 0) is 4.74 Å². The summed E-state index contributed by atoms with van der Waals surface area (Å²) in [6.07, 6.45) is 4.99. The summed E-state index contributed by atoms with van der Waals surface area (Å²) in [6, 6.07) is 15.8. The molecular weight excluding hydrogens is 408 g/mol. The lowest BCUT2D eigenvalue weighted by Gasteiger charge is -2.27. The summed E-state index contributed by atoms with van der Waals surface area (Å²) < 4.78 is 4.79. The molecule has 8 heteroatoms. The van der Waals surface area contributed by atoms with Crippen molar-refractivity contribution in [2.45, 2.75) is 12.1 Å². The van der Waals surface area contributed by atoms with Crippen molar-refractivity contribution in [2.75, 3.05) is 12.4 Å². The monoisotopic (exact) mass is 426 g/mol. The Labute approximate surface area is 183 Å². The number of nitrogens with one attached hydrogen (secondary N) is 1. The molecule has 2 atom stereocenters. The molecule has 0 saturated carbocycles. The molecule has 0 spiro atoms. The van der Waals surface area contributed by atoms with Gasteiger partial charge in [0, 0.05) is 42.0 Å². The van der Waals surface area contributed by atoms with Crippen molar-refractivity contribution in [3.63, 3.8) is 0 Å². The normalized spacial score (nSPS) is 18.5. The first kappa shape index (κ1) is 19.6. The van der Waals surface area contributed by atoms with Crippen LogP contribution < -0.4 is 5.32 Å². The Bertz CT molecular complexity index is 1280. The predicted molar refractivity (Wildman–Crippen MR) is 121 cm³/mol. The van der Waals surface area contributed by atoms with Crippen LogP contribution in [0.4, 0.5) is 11.4 Å². The van der Waals surface area contributed by atoms with Crippen LogP contribution in [0.5, 0.6) is 0 Å². The fraction of sp³-hybridized carbons (Fsp3) is 0.125. The van der Waals surface area contributed by atoms with Crippen LogP contribution in [0.1, 0.15) is 33.0 Å². The number of aliphatic imine (C=N–C) groups is 1. The molecular formula is C24H18N4O4. The van der Waals surface area contributed by atoms with E-state index in [1.807, 2.05) is 30.5 Å². The van der Waals surface area contributed by atoms with Gasteiger partial charge in [-0.3, -0.25) is 20.1 Å². The largest absolute Gasteiger partial charge is 0.465 e. The summed E-state index contributed by atoms with van der Waals surface area (Å²) in [5.74, 6) is -0.619. The van der Waals surface area contributed by atoms with E-state index in [0.717, 1.165) is 33.5 Å². The lowest BCUT2D eigenvalue weighted by molar-refractivity contribution is -0.384. The zero-order valence-corrected chi connectivity index (χ0v) is 17.1. The van der Waals surface area contributed by atoms with Gasteiger partial charge in [0.15, 0.2) is 0 Å². The summed E-state index contributed by atoms with van der Waals surface area (Å²) in [7, 11) is 1.35. The lowest BCUT2D eigenvalue weighted by Crippen LogP contribution is -2.23. The molecule has 2 aromatic carbocycles. The van der Waals surface area contributed by atoms with Crippen LogP contribution in [0, 0.1) is 10.1 Å². The van der Waals surface area contributed by atoms with E-state index in [0.29, 0.717) is 5.56 Å². The van der Waals surface area contributed by atoms with Gasteiger partial charge in [0.05, 0.1) is 23.5 Å². The lowest BCUT2D eigenvalue weighted by atomic mass is 9.80. The second-order valence-corrected chi connectivity index (χ2v) is 7.51. The number of pyridine rings is 1. The zero-order chi connectivity index (χ0) is 22.2. The number of methoxy groups -OCH3 is 1. The zero-order valence-electron chi connectivity index (χ0n) is 17.1. The summed E-state index contributed by atoms with van der Waals surface area (Å²) in [4.78, 5) is 31.7. The summed E-state index contributed by atoms with van der Waals surface area (Å²) in [5.41, 5.74) is 5.86. The topological polar surface area (TPSA) is 107 Å². The van der Waals surface area contributed by atoms with Crippen molar-refractivity contribution in [1.82, 2.24) is 4.98 Å². The second-order valence-electron chi connectivity index (χ2n) is 7.51. The van der Waals surface area contributed by atoms with Crippen LogP contribution in [0.15, 0.2) is 72.0 Å². The number of benzene rings is 2. The predicted octanol–water partition coefficient (Wildman–Crippen LogP) is 4.31. The van der Waals surface area contributed by atoms with Crippen LogP contribution >= 0.6 is 0 Å². The number of dihydropyridines is 1. The molecule has 0 fully saturated rings. The van der Waals surface area contributed by atoms with Crippen molar-refractivity contribution in [3.05, 3.63) is 99.4 Å². The Kier molecular flexibility index (Phi) is 4.74. The maximum absolute atomic E-state index is 11.8. The Morgan fingerprint density at radius 1 is 1.06 bits per heavy atom. The molecule has 2 unspecified atom stereocenters. The standard InChI is InChI=1S/C24H18N4O4/c1-32-24(29)16-4-2-14(3-5-16)19-13-26-23-22(21(19)15-8-10-25-11-9-15)18-12-17(28(30)31)6-7-20(18)27-23/h2-13,22-23,27H,1H3. The number of carbonyl (C=O) groups is 1. The first-order valence-electron chi connectivity index (χ1n) is 9.98. The van der Waals surface area contributed by atoms with E-state index in [-0.39, 0.29) is 22.7 Å². The fourth-order valence-corrected chi connectivity index (χ4v) is 4.29. The highest BCUT2D eigenvalue weighted by molar-refractivity contribution is 6.22. The number of aromatic nitrogens is 1. The smallest absolute Gasteiger partial charge is 0.337 e. The van der Waals surface area contributed by atoms with E-state index < -0.39 is 5.97 Å². The molecule has 0 saturated heterocycles. The number of nitrogens with zero attached hydrogens (tertiary/aromatic N) is 3. The number of allylic oxidation sites excluding steroid dienone is 1. The Hall–Kier alpha value is -4.33. The minimum Gasteiger partial charge on any atom is -0.465 e. The molecule has 3 aromatic rings. The number of nitro benzene ring substituents is 1. The van der Waals surface area contributed by atoms with E-state index >= 15 is 0 Å². The number of hydrogen-bond acceptors (Lipinski definition) is 7. The molecule has 1 N–H and O–H groups in total. The molecule has 8 nitrogen and oxygen atoms in total. The highest BCUT2D eigenvalue weighted by Gasteiger charge is 2.39. The molecule has 5 rings (SSSR count). The van der Waals surface area contributed by atoms with Gasteiger partial charge in [0.2, 0.25) is 0 Å². The molecule has 0 radical (unpaired) electrons. The van der Waals surface area contributed by atoms with Gasteiger partial charge in [-0.2, -0.15) is 0 Å². The minimum absolute atomic E-state index is 0.0406. The number of nitro groups is 1. The van der Waals surface area contributed by atoms with Gasteiger partial charge in [-0.15, -0.1) is 0 Å². The number of rotatable bonds is 4. The molecule has 2 aliphatic rings. The number of ether oxygens (including phenoxy) is 1. The van der Waals surface area contributed by atoms with Gasteiger partial charge >= 0.3 is 5.97 Å². The third-order valence-electron chi connectivity index (χ3n) is 5.77. The number of carbonyl (C=O) groups excluding carboxylic acids is 1. The van der Waals surface area contributed by atoms with Gasteiger partial charge in [-0.25, -0.2) is 4.79 Å². The van der Waals surface area contributed by atoms with Crippen LogP contribution in [-0.4, -0.2) is 35.4 Å². The maximum atomic E-state index is 11.8. The van der Waals surface area contributed by atoms with Crippen LogP contribution in [0.2, 0.25) is 0 Å². The first-order valence-corrected chi connectivity index (χ1v) is 9.98. The molecule has 2 aliphatic heterocycles. The molecule has 0 bridgehead atoms. The molecule has 3 heterocycles. The van der Waals surface area contributed by atoms with E-state index in [2.05, 4.69) is 10.3 Å². The van der Waals surface area contributed by atoms with E-state index in [4.69, 9.17) is 9.73 Å². The van der Waals surface area contributed by atoms with E-state index in [1.54, 1.807) is 36.7 Å². The van der Waals surface area contributed by atoms with Gasteiger partial charge in [0.25, 0.3) is 5.69 Å². The van der Waals surface area contributed by atoms with E-state index in [9.17, 15) is 14.9 Å². The SMILES string of the molecule is COC(=O)c1ccc(C2=C(c3ccncc3)C3c4cc([N+](=O)[O-])ccc4NC3N=C2)cc1. The van der Waals surface area contributed by atoms with Crippen molar-refractivity contribution in [1.29, 1.82) is 0 Å². The number of fused-ring (bicyclic) bond motifs is 3. The number of hydrogen-bond donors (Lipinski definition) is 1. The maximum Gasteiger partial charge on any atom is 0.337 e. The van der Waals surface area contributed by atoms with Gasteiger partial charge in [-0.05, 0) is 52.6 Å². The highest BCUT2D eigenvalue weighted by Crippen LogP contribution is 2.49. The molecule has 32 heavy (non-hydrogen) atoms. The molecule has 1 aromatic heterocycles. The van der Waals surface area contributed by atoms with Crippen LogP contribution in [0.3, 0.4) is 0 Å². The number of anilines is 1. The summed E-state index contributed by atoms with van der Waals surface area (Å²) in [6.45, 7) is 0. The quantitative estimate of drug-likeness (QED) is 0.379. The third-order valence-corrected chi connectivity index (χ3v) is 5.77. The molecule has 158 valence electrons. The Morgan fingerprint density at radius 3 is 2.50 bits per heavy atom. The van der Waals surface area contributed by atoms with Gasteiger partial charge in [-0.1, -0.05) is 12.1 Å². The average molecular weight is 426 g/mol. The van der Waals surface area contributed by atoms with Gasteiger partial charge in [0.1, 0.15) is 6.17 Å². The van der Waals surface area contributed by atoms with Crippen molar-refractivity contribution >= 4 is 34.7 Å². The Balaban J connectivity index is 1.69. The van der Waals surface area contributed by atoms with Gasteiger partial charge < -0.3 is 10.1 Å². The van der Waals surface area contributed by atoms with Crippen molar-refractivity contribution in [3.8, 4) is 0 Å². The van der Waals surface area contributed by atoms with Crippen molar-refractivity contribution in [2.24, 2.45) is 4.99 Å². The summed E-state index contributed by atoms with van der Waals surface area (Å²) in [5, 5.41) is 14.8. The van der Waals surface area contributed by atoms with E-state index in [1.165, 1.54) is 13.2 Å². The minimum atomic E-state index is -0.404. The molecule has 0 aliphatic carbocycles. The molecule has 0 amide bonds. The van der Waals surface area contributed by atoms with Crippen molar-refractivity contribution < 1.29 is 14.5 Å². The Morgan fingerprint density at radius 2 is 1.81 bits per heavy atom. The number of esters is 1. The highest BCUT2D eigenvalue weighted by atomic mass is 16.6. The first-order chi connectivity index (χ1) is 15.6. The number of non-ortho nitro benzene ring substituents is 1. The fourth-order valence-electron chi connectivity index (χ4n) is 4.29. The van der Waals surface area contributed by atoms with Crippen LogP contribution in [0.25, 0.3) is 11.1 Å². The summed E-state index contributed by atoms with van der Waals surface area (Å²) >= 11 is 0. The second kappa shape index (κ2) is 7.73.